The topological polar surface area (TPSA) is 37.3 Å². The zero-order valence-corrected chi connectivity index (χ0v) is 8.02. The number of carbonyl (C=O) groups excluding carboxylic acids is 1. The van der Waals surface area contributed by atoms with Crippen LogP contribution in [0.4, 0.5) is 0 Å². The quantitative estimate of drug-likeness (QED) is 0.738. The summed E-state index contributed by atoms with van der Waals surface area (Å²) in [4.78, 5) is 11.1. The van der Waals surface area contributed by atoms with Crippen molar-refractivity contribution in [1.29, 1.82) is 0 Å². The molecule has 1 aromatic heterocycles. The molecule has 0 saturated heterocycles. The lowest BCUT2D eigenvalue weighted by atomic mass is 10.2. The fourth-order valence-electron chi connectivity index (χ4n) is 1.14. The van der Waals surface area contributed by atoms with E-state index in [-0.39, 0.29) is 5.75 Å². The van der Waals surface area contributed by atoms with Crippen LogP contribution in [-0.4, -0.2) is 11.4 Å². The predicted molar refractivity (Wildman–Crippen MR) is 53.9 cm³/mol. The molecular formula is C9H5ClO2S. The van der Waals surface area contributed by atoms with E-state index in [0.717, 1.165) is 16.4 Å². The minimum absolute atomic E-state index is 0.0495. The molecule has 1 aromatic carbocycles. The van der Waals surface area contributed by atoms with E-state index in [9.17, 15) is 9.90 Å². The molecule has 2 aromatic rings. The van der Waals surface area contributed by atoms with Crippen LogP contribution in [0.5, 0.6) is 5.75 Å². The third-order valence-corrected chi connectivity index (χ3v) is 3.33. The fourth-order valence-corrected chi connectivity index (χ4v) is 2.33. The third kappa shape index (κ3) is 1.30. The van der Waals surface area contributed by atoms with Crippen molar-refractivity contribution in [1.82, 2.24) is 0 Å². The maximum atomic E-state index is 10.5. The van der Waals surface area contributed by atoms with Gasteiger partial charge in [0.1, 0.15) is 10.8 Å². The molecule has 0 fully saturated rings. The third-order valence-electron chi connectivity index (χ3n) is 1.74. The van der Waals surface area contributed by atoms with Crippen LogP contribution in [-0.2, 0) is 0 Å². The Balaban J connectivity index is 2.83. The van der Waals surface area contributed by atoms with Gasteiger partial charge in [-0.1, -0.05) is 11.6 Å². The van der Waals surface area contributed by atoms with Crippen LogP contribution in [0.25, 0.3) is 10.1 Å². The van der Waals surface area contributed by atoms with E-state index >= 15 is 0 Å². The first-order valence-corrected chi connectivity index (χ1v) is 4.78. The Hall–Kier alpha value is -1.06. The SMILES string of the molecule is O=Cc1cc2ccc(O)c(Cl)c2s1. The number of halogens is 1. The molecule has 0 radical (unpaired) electrons. The number of benzene rings is 1. The van der Waals surface area contributed by atoms with Gasteiger partial charge in [-0.3, -0.25) is 4.79 Å². The van der Waals surface area contributed by atoms with Crippen LogP contribution in [0, 0.1) is 0 Å². The second-order valence-corrected chi connectivity index (χ2v) is 4.05. The summed E-state index contributed by atoms with van der Waals surface area (Å²) in [7, 11) is 0. The van der Waals surface area contributed by atoms with Gasteiger partial charge in [0.15, 0.2) is 6.29 Å². The van der Waals surface area contributed by atoms with Crippen LogP contribution in [0.3, 0.4) is 0 Å². The standard InChI is InChI=1S/C9H5ClO2S/c10-8-7(12)2-1-5-3-6(4-11)13-9(5)8/h1-4,12H. The molecule has 4 heteroatoms. The molecular weight excluding hydrogens is 208 g/mol. The van der Waals surface area contributed by atoms with Crippen molar-refractivity contribution in [2.75, 3.05) is 0 Å². The Bertz CT molecular complexity index is 476. The van der Waals surface area contributed by atoms with E-state index in [2.05, 4.69) is 0 Å². The van der Waals surface area contributed by atoms with Gasteiger partial charge >= 0.3 is 0 Å². The van der Waals surface area contributed by atoms with Gasteiger partial charge in [-0.15, -0.1) is 11.3 Å². The molecule has 0 aliphatic carbocycles. The van der Waals surface area contributed by atoms with Crippen LogP contribution in [0.1, 0.15) is 9.67 Å². The number of carbonyl (C=O) groups is 1. The van der Waals surface area contributed by atoms with Crippen LogP contribution in [0.15, 0.2) is 18.2 Å². The number of hydrogen-bond acceptors (Lipinski definition) is 3. The minimum atomic E-state index is 0.0495. The molecule has 66 valence electrons. The highest BCUT2D eigenvalue weighted by atomic mass is 35.5. The highest BCUT2D eigenvalue weighted by Crippen LogP contribution is 2.36. The number of rotatable bonds is 1. The van der Waals surface area contributed by atoms with Crippen LogP contribution >= 0.6 is 22.9 Å². The molecule has 1 heterocycles. The second-order valence-electron chi connectivity index (χ2n) is 2.58. The molecule has 0 saturated carbocycles. The van der Waals surface area contributed by atoms with E-state index in [1.807, 2.05) is 0 Å². The average Bonchev–Trinajstić information content (AvgIpc) is 2.55. The van der Waals surface area contributed by atoms with Gasteiger partial charge in [0.05, 0.1) is 9.58 Å². The van der Waals surface area contributed by atoms with Crippen molar-refractivity contribution in [3.8, 4) is 5.75 Å². The molecule has 1 N–H and O–H groups in total. The molecule has 2 nitrogen and oxygen atoms in total. The van der Waals surface area contributed by atoms with E-state index in [0.29, 0.717) is 9.90 Å². The summed E-state index contributed by atoms with van der Waals surface area (Å²) in [6, 6.07) is 5.00. The lowest BCUT2D eigenvalue weighted by Gasteiger charge is -1.95. The van der Waals surface area contributed by atoms with Crippen molar-refractivity contribution in [2.24, 2.45) is 0 Å². The van der Waals surface area contributed by atoms with E-state index < -0.39 is 0 Å². The lowest BCUT2D eigenvalue weighted by Crippen LogP contribution is -1.67. The first-order valence-electron chi connectivity index (χ1n) is 3.58. The molecule has 0 unspecified atom stereocenters. The van der Waals surface area contributed by atoms with E-state index in [4.69, 9.17) is 11.6 Å². The van der Waals surface area contributed by atoms with Crippen molar-refractivity contribution < 1.29 is 9.90 Å². The van der Waals surface area contributed by atoms with Crippen molar-refractivity contribution in [3.05, 3.63) is 28.1 Å². The maximum Gasteiger partial charge on any atom is 0.160 e. The first-order chi connectivity index (χ1) is 6.22. The van der Waals surface area contributed by atoms with Crippen molar-refractivity contribution >= 4 is 39.3 Å². The van der Waals surface area contributed by atoms with Gasteiger partial charge in [0.25, 0.3) is 0 Å². The largest absolute Gasteiger partial charge is 0.506 e. The minimum Gasteiger partial charge on any atom is -0.506 e. The van der Waals surface area contributed by atoms with E-state index in [1.54, 1.807) is 12.1 Å². The fraction of sp³-hybridized carbons (Fsp3) is 0. The number of hydrogen-bond donors (Lipinski definition) is 1. The Morgan fingerprint density at radius 3 is 2.92 bits per heavy atom. The summed E-state index contributed by atoms with van der Waals surface area (Å²) >= 11 is 7.12. The number of phenolic OH excluding ortho intramolecular Hbond substituents is 1. The molecule has 13 heavy (non-hydrogen) atoms. The van der Waals surface area contributed by atoms with Gasteiger partial charge < -0.3 is 5.11 Å². The summed E-state index contributed by atoms with van der Waals surface area (Å²) in [5.74, 6) is 0.0495. The molecule has 0 amide bonds. The number of phenols is 1. The monoisotopic (exact) mass is 212 g/mol. The zero-order chi connectivity index (χ0) is 9.42. The molecule has 0 bridgehead atoms. The smallest absolute Gasteiger partial charge is 0.160 e. The summed E-state index contributed by atoms with van der Waals surface area (Å²) in [5, 5.41) is 10.5. The summed E-state index contributed by atoms with van der Waals surface area (Å²) in [5.41, 5.74) is 0. The summed E-state index contributed by atoms with van der Waals surface area (Å²) in [6.45, 7) is 0. The highest BCUT2D eigenvalue weighted by Gasteiger charge is 2.07. The first kappa shape index (κ1) is 8.53. The summed E-state index contributed by atoms with van der Waals surface area (Å²) in [6.07, 6.45) is 0.776. The molecule has 0 spiro atoms. The number of thiophene rings is 1. The van der Waals surface area contributed by atoms with Crippen LogP contribution < -0.4 is 0 Å². The number of aromatic hydroxyl groups is 1. The van der Waals surface area contributed by atoms with Gasteiger partial charge in [-0.05, 0) is 23.6 Å². The number of fused-ring (bicyclic) bond motifs is 1. The highest BCUT2D eigenvalue weighted by molar-refractivity contribution is 7.21. The average molecular weight is 213 g/mol. The van der Waals surface area contributed by atoms with Crippen LogP contribution in [0.2, 0.25) is 5.02 Å². The van der Waals surface area contributed by atoms with Gasteiger partial charge in [0, 0.05) is 0 Å². The Morgan fingerprint density at radius 1 is 1.46 bits per heavy atom. The summed E-state index contributed by atoms with van der Waals surface area (Å²) < 4.78 is 0.753. The molecule has 0 atom stereocenters. The van der Waals surface area contributed by atoms with Gasteiger partial charge in [-0.25, -0.2) is 0 Å². The Labute approximate surface area is 83.4 Å². The molecule has 2 rings (SSSR count). The normalized spacial score (nSPS) is 10.5. The van der Waals surface area contributed by atoms with Gasteiger partial charge in [-0.2, -0.15) is 0 Å². The Kier molecular flexibility index (Phi) is 1.98. The van der Waals surface area contributed by atoms with Gasteiger partial charge in [0.2, 0.25) is 0 Å². The zero-order valence-electron chi connectivity index (χ0n) is 6.45. The molecule has 0 aliphatic rings. The predicted octanol–water partition coefficient (Wildman–Crippen LogP) is 3.07. The van der Waals surface area contributed by atoms with Crippen molar-refractivity contribution in [3.63, 3.8) is 0 Å². The second kappa shape index (κ2) is 3.01. The lowest BCUT2D eigenvalue weighted by molar-refractivity contribution is 0.112. The van der Waals surface area contributed by atoms with Crippen molar-refractivity contribution in [2.45, 2.75) is 0 Å². The maximum absolute atomic E-state index is 10.5. The van der Waals surface area contributed by atoms with E-state index in [1.165, 1.54) is 17.4 Å². The Morgan fingerprint density at radius 2 is 2.23 bits per heavy atom. The number of aldehydes is 1. The molecule has 0 aliphatic heterocycles.